The molecule has 0 bridgehead atoms. The second kappa shape index (κ2) is 10.2. The van der Waals surface area contributed by atoms with Crippen LogP contribution in [0.3, 0.4) is 0 Å². The molecular formula is C27H26N2O5. The topological polar surface area (TPSA) is 105 Å². The fourth-order valence-electron chi connectivity index (χ4n) is 4.29. The molecule has 0 saturated heterocycles. The summed E-state index contributed by atoms with van der Waals surface area (Å²) in [5, 5.41) is 14.6. The third-order valence-electron chi connectivity index (χ3n) is 6.12. The summed E-state index contributed by atoms with van der Waals surface area (Å²) in [6.07, 6.45) is -0.135. The molecule has 0 heterocycles. The molecule has 0 aromatic heterocycles. The number of amides is 2. The maximum atomic E-state index is 12.7. The van der Waals surface area contributed by atoms with E-state index in [4.69, 9.17) is 4.74 Å². The Hall–Kier alpha value is -4.13. The van der Waals surface area contributed by atoms with E-state index in [0.717, 1.165) is 22.3 Å². The van der Waals surface area contributed by atoms with Crippen LogP contribution in [0.4, 0.5) is 10.5 Å². The van der Waals surface area contributed by atoms with Gasteiger partial charge in [-0.2, -0.15) is 0 Å². The number of ether oxygens (including phenoxy) is 1. The van der Waals surface area contributed by atoms with Gasteiger partial charge in [0.25, 0.3) is 0 Å². The van der Waals surface area contributed by atoms with Crippen LogP contribution < -0.4 is 10.6 Å². The lowest BCUT2D eigenvalue weighted by Gasteiger charge is -2.18. The number of anilines is 1. The number of carboxylic acids is 1. The van der Waals surface area contributed by atoms with Crippen LogP contribution in [0.15, 0.2) is 72.8 Å². The van der Waals surface area contributed by atoms with E-state index >= 15 is 0 Å². The van der Waals surface area contributed by atoms with Crippen LogP contribution in [-0.4, -0.2) is 36.2 Å². The molecule has 0 saturated carbocycles. The van der Waals surface area contributed by atoms with E-state index in [9.17, 15) is 19.5 Å². The van der Waals surface area contributed by atoms with Crippen molar-refractivity contribution in [3.63, 3.8) is 0 Å². The van der Waals surface area contributed by atoms with E-state index < -0.39 is 18.0 Å². The summed E-state index contributed by atoms with van der Waals surface area (Å²) in [7, 11) is 0. The van der Waals surface area contributed by atoms with Crippen molar-refractivity contribution < 1.29 is 24.2 Å². The van der Waals surface area contributed by atoms with Crippen molar-refractivity contribution >= 4 is 23.7 Å². The number of benzene rings is 3. The van der Waals surface area contributed by atoms with Crippen LogP contribution in [0, 0.1) is 5.92 Å². The molecule has 2 amide bonds. The zero-order chi connectivity index (χ0) is 24.1. The molecule has 3 aromatic carbocycles. The van der Waals surface area contributed by atoms with Crippen molar-refractivity contribution in [2.75, 3.05) is 18.5 Å². The first kappa shape index (κ1) is 23.0. The average molecular weight is 459 g/mol. The normalized spacial score (nSPS) is 12.9. The van der Waals surface area contributed by atoms with Gasteiger partial charge < -0.3 is 20.5 Å². The maximum Gasteiger partial charge on any atom is 0.407 e. The maximum absolute atomic E-state index is 12.7. The van der Waals surface area contributed by atoms with Crippen molar-refractivity contribution in [3.8, 4) is 11.1 Å². The molecule has 7 heteroatoms. The average Bonchev–Trinajstić information content (AvgIpc) is 3.17. The lowest BCUT2D eigenvalue weighted by atomic mass is 9.98. The fraction of sp³-hybridized carbons (Fsp3) is 0.222. The number of alkyl carbamates (subject to hydrolysis) is 1. The first-order valence-corrected chi connectivity index (χ1v) is 11.2. The van der Waals surface area contributed by atoms with Crippen LogP contribution in [0.25, 0.3) is 11.1 Å². The van der Waals surface area contributed by atoms with Crippen LogP contribution in [0.2, 0.25) is 0 Å². The number of hydrogen-bond acceptors (Lipinski definition) is 4. The van der Waals surface area contributed by atoms with Gasteiger partial charge in [0.2, 0.25) is 5.91 Å². The quantitative estimate of drug-likeness (QED) is 0.446. The number of hydrogen-bond donors (Lipinski definition) is 3. The van der Waals surface area contributed by atoms with Gasteiger partial charge in [-0.1, -0.05) is 67.6 Å². The minimum Gasteiger partial charge on any atom is -0.478 e. The van der Waals surface area contributed by atoms with Gasteiger partial charge >= 0.3 is 12.1 Å². The molecule has 1 aliphatic rings. The first-order valence-electron chi connectivity index (χ1n) is 11.2. The summed E-state index contributed by atoms with van der Waals surface area (Å²) in [5.41, 5.74) is 4.78. The summed E-state index contributed by atoms with van der Waals surface area (Å²) in [5.74, 6) is -2.07. The van der Waals surface area contributed by atoms with E-state index in [-0.39, 0.29) is 36.2 Å². The van der Waals surface area contributed by atoms with Crippen LogP contribution in [-0.2, 0) is 9.53 Å². The minimum absolute atomic E-state index is 0.00944. The van der Waals surface area contributed by atoms with Gasteiger partial charge in [-0.25, -0.2) is 9.59 Å². The van der Waals surface area contributed by atoms with Crippen LogP contribution >= 0.6 is 0 Å². The van der Waals surface area contributed by atoms with E-state index in [1.165, 1.54) is 12.1 Å². The molecule has 3 N–H and O–H groups in total. The Balaban J connectivity index is 1.34. The molecule has 1 atom stereocenters. The van der Waals surface area contributed by atoms with Gasteiger partial charge in [-0.15, -0.1) is 0 Å². The molecule has 1 unspecified atom stereocenters. The zero-order valence-corrected chi connectivity index (χ0v) is 18.8. The zero-order valence-electron chi connectivity index (χ0n) is 18.8. The standard InChI is InChI=1S/C27H26N2O5/c1-2-17(25(30)29-24-14-8-7-13-22(24)26(31)32)15-28-27(33)34-16-23-20-11-5-3-9-18(20)19-10-4-6-12-21(19)23/h3-14,17,23H,2,15-16H2,1H3,(H,28,33)(H,29,30)(H,31,32). The molecule has 34 heavy (non-hydrogen) atoms. The van der Waals surface area contributed by atoms with Crippen LogP contribution in [0.1, 0.15) is 40.7 Å². The Kier molecular flexibility index (Phi) is 6.92. The lowest BCUT2D eigenvalue weighted by Crippen LogP contribution is -2.36. The second-order valence-corrected chi connectivity index (χ2v) is 8.15. The Morgan fingerprint density at radius 2 is 1.50 bits per heavy atom. The third-order valence-corrected chi connectivity index (χ3v) is 6.12. The van der Waals surface area contributed by atoms with Crippen molar-refractivity contribution in [1.82, 2.24) is 5.32 Å². The van der Waals surface area contributed by atoms with Crippen molar-refractivity contribution in [2.24, 2.45) is 5.92 Å². The molecule has 3 aromatic rings. The van der Waals surface area contributed by atoms with Gasteiger partial charge in [0, 0.05) is 12.5 Å². The molecule has 7 nitrogen and oxygen atoms in total. The van der Waals surface area contributed by atoms with E-state index in [1.54, 1.807) is 12.1 Å². The van der Waals surface area contributed by atoms with Crippen molar-refractivity contribution in [3.05, 3.63) is 89.5 Å². The van der Waals surface area contributed by atoms with E-state index in [1.807, 2.05) is 43.3 Å². The second-order valence-electron chi connectivity index (χ2n) is 8.15. The Morgan fingerprint density at radius 3 is 2.12 bits per heavy atom. The highest BCUT2D eigenvalue weighted by Gasteiger charge is 2.29. The number of rotatable bonds is 8. The smallest absolute Gasteiger partial charge is 0.407 e. The molecule has 1 aliphatic carbocycles. The van der Waals surface area contributed by atoms with Crippen LogP contribution in [0.5, 0.6) is 0 Å². The summed E-state index contributed by atoms with van der Waals surface area (Å²) in [6.45, 7) is 2.09. The number of para-hydroxylation sites is 1. The fourth-order valence-corrected chi connectivity index (χ4v) is 4.29. The largest absolute Gasteiger partial charge is 0.478 e. The Morgan fingerprint density at radius 1 is 0.912 bits per heavy atom. The molecule has 0 radical (unpaired) electrons. The highest BCUT2D eigenvalue weighted by molar-refractivity contribution is 6.01. The Bertz CT molecular complexity index is 1180. The predicted molar refractivity (Wildman–Crippen MR) is 129 cm³/mol. The van der Waals surface area contributed by atoms with Gasteiger partial charge in [-0.3, -0.25) is 4.79 Å². The summed E-state index contributed by atoms with van der Waals surface area (Å²) < 4.78 is 5.52. The lowest BCUT2D eigenvalue weighted by molar-refractivity contribution is -0.119. The first-order chi connectivity index (χ1) is 16.5. The van der Waals surface area contributed by atoms with Crippen molar-refractivity contribution in [1.29, 1.82) is 0 Å². The van der Waals surface area contributed by atoms with Gasteiger partial charge in [0.15, 0.2) is 0 Å². The SMILES string of the molecule is CCC(CNC(=O)OCC1c2ccccc2-c2ccccc21)C(=O)Nc1ccccc1C(=O)O. The number of carbonyl (C=O) groups is 3. The van der Waals surface area contributed by atoms with E-state index in [2.05, 4.69) is 22.8 Å². The monoisotopic (exact) mass is 458 g/mol. The highest BCUT2D eigenvalue weighted by atomic mass is 16.5. The predicted octanol–water partition coefficient (Wildman–Crippen LogP) is 4.89. The number of carboxylic acid groups (broad SMARTS) is 1. The number of nitrogens with one attached hydrogen (secondary N) is 2. The Labute approximate surface area is 197 Å². The molecule has 0 fully saturated rings. The van der Waals surface area contributed by atoms with Crippen molar-refractivity contribution in [2.45, 2.75) is 19.3 Å². The number of carbonyl (C=O) groups excluding carboxylic acids is 2. The summed E-state index contributed by atoms with van der Waals surface area (Å²) >= 11 is 0. The third kappa shape index (κ3) is 4.78. The molecule has 0 aliphatic heterocycles. The van der Waals surface area contributed by atoms with Gasteiger partial charge in [0.1, 0.15) is 6.61 Å². The summed E-state index contributed by atoms with van der Waals surface area (Å²) in [4.78, 5) is 36.5. The van der Waals surface area contributed by atoms with Gasteiger partial charge in [-0.05, 0) is 40.8 Å². The number of aromatic carboxylic acids is 1. The molecular weight excluding hydrogens is 432 g/mol. The van der Waals surface area contributed by atoms with E-state index in [0.29, 0.717) is 6.42 Å². The molecule has 174 valence electrons. The van der Waals surface area contributed by atoms with Gasteiger partial charge in [0.05, 0.1) is 17.2 Å². The molecule has 0 spiro atoms. The minimum atomic E-state index is -1.12. The highest BCUT2D eigenvalue weighted by Crippen LogP contribution is 2.44. The number of fused-ring (bicyclic) bond motifs is 3. The summed E-state index contributed by atoms with van der Waals surface area (Å²) in [6, 6.07) is 22.4. The molecule has 4 rings (SSSR count).